The van der Waals surface area contributed by atoms with E-state index in [0.717, 1.165) is 26.1 Å². The van der Waals surface area contributed by atoms with Crippen molar-refractivity contribution in [3.8, 4) is 0 Å². The second-order valence-corrected chi connectivity index (χ2v) is 4.53. The third kappa shape index (κ3) is 7.73. The van der Waals surface area contributed by atoms with Gasteiger partial charge in [0.05, 0.1) is 5.09 Å². The number of hydrogen-bond acceptors (Lipinski definition) is 4. The van der Waals surface area contributed by atoms with E-state index in [1.165, 1.54) is 3.93 Å². The molecule has 0 amide bonds. The molecule has 0 aromatic carbocycles. The standard InChI is InChI=1S/C5H5S.Hg.NO3/c1-5-3-2-4-6-5;;2-1(3)4/h2-4H,1H2;;/q;+1;-1. The van der Waals surface area contributed by atoms with Crippen LogP contribution in [0.25, 0.3) is 0 Å². The van der Waals surface area contributed by atoms with E-state index in [9.17, 15) is 0 Å². The third-order valence-electron chi connectivity index (χ3n) is 0.827. The molecule has 6 heteroatoms. The summed E-state index contributed by atoms with van der Waals surface area (Å²) in [5.74, 6) is 0. The van der Waals surface area contributed by atoms with Crippen LogP contribution >= 0.6 is 11.3 Å². The molecule has 1 rings (SSSR count). The molecule has 0 saturated carbocycles. The Labute approximate surface area is 83.9 Å². The van der Waals surface area contributed by atoms with Crippen molar-refractivity contribution >= 4 is 11.3 Å². The van der Waals surface area contributed by atoms with Crippen LogP contribution in [0.15, 0.2) is 17.5 Å². The molecule has 0 spiro atoms. The Hall–Kier alpha value is -0.165. The third-order valence-corrected chi connectivity index (χ3v) is 5.27. The molecule has 0 atom stereocenters. The fourth-order valence-electron chi connectivity index (χ4n) is 0.455. The number of thiophene rings is 1. The molecular weight excluding hydrogens is 355 g/mol. The summed E-state index contributed by atoms with van der Waals surface area (Å²) in [7, 11) is 0. The second-order valence-electron chi connectivity index (χ2n) is 1.55. The molecule has 0 N–H and O–H groups in total. The Bertz CT molecular complexity index is 198. The maximum atomic E-state index is 8.25. The molecule has 1 aromatic heterocycles. The molecule has 0 fully saturated rings. The first-order valence-electron chi connectivity index (χ1n) is 2.80. The fourth-order valence-corrected chi connectivity index (χ4v) is 3.08. The minimum atomic E-state index is -1.75. The molecule has 0 unspecified atom stereocenters. The molecule has 0 bridgehead atoms. The molecule has 1 aromatic rings. The summed E-state index contributed by atoms with van der Waals surface area (Å²) in [6.45, 7) is 0. The predicted octanol–water partition coefficient (Wildman–Crippen LogP) is 1.56. The Kier molecular flexibility index (Phi) is 6.44. The van der Waals surface area contributed by atoms with Crippen LogP contribution in [0.2, 0.25) is 0 Å². The first-order chi connectivity index (χ1) is 5.16. The van der Waals surface area contributed by atoms with Gasteiger partial charge in [0.1, 0.15) is 0 Å². The van der Waals surface area contributed by atoms with Crippen molar-refractivity contribution < 1.29 is 31.2 Å². The van der Waals surface area contributed by atoms with Gasteiger partial charge in [0.15, 0.2) is 0 Å². The van der Waals surface area contributed by atoms with Crippen LogP contribution < -0.4 is 0 Å². The van der Waals surface area contributed by atoms with Crippen molar-refractivity contribution in [3.63, 3.8) is 0 Å². The SMILES string of the molecule is O=[N+]([O-])[O-].[Hg+][CH2]c1cccs1. The summed E-state index contributed by atoms with van der Waals surface area (Å²) in [5.41, 5.74) is 0. The van der Waals surface area contributed by atoms with Gasteiger partial charge in [-0.3, -0.25) is 0 Å². The van der Waals surface area contributed by atoms with Gasteiger partial charge < -0.3 is 15.3 Å². The van der Waals surface area contributed by atoms with Crippen molar-refractivity contribution in [2.45, 2.75) is 3.93 Å². The normalized spacial score (nSPS) is 8.18. The number of nitrogens with zero attached hydrogens (tertiary/aromatic N) is 1. The summed E-state index contributed by atoms with van der Waals surface area (Å²) >= 11 is 2.83. The first-order valence-corrected chi connectivity index (χ1v) is 7.56. The molecule has 0 saturated heterocycles. The van der Waals surface area contributed by atoms with Crippen molar-refractivity contribution in [1.29, 1.82) is 0 Å². The van der Waals surface area contributed by atoms with E-state index in [4.69, 9.17) is 15.3 Å². The van der Waals surface area contributed by atoms with E-state index in [1.807, 2.05) is 11.3 Å². The fraction of sp³-hybridized carbons (Fsp3) is 0.200. The molecule has 56 valence electrons. The maximum absolute atomic E-state index is 8.25. The van der Waals surface area contributed by atoms with Crippen LogP contribution in [0.1, 0.15) is 4.88 Å². The van der Waals surface area contributed by atoms with Crippen LogP contribution in [-0.2, 0) is 30.1 Å². The van der Waals surface area contributed by atoms with Crippen molar-refractivity contribution in [2.75, 3.05) is 0 Å². The van der Waals surface area contributed by atoms with E-state index in [-0.39, 0.29) is 0 Å². The average molecular weight is 360 g/mol. The van der Waals surface area contributed by atoms with Crippen LogP contribution in [0.5, 0.6) is 0 Å². The Morgan fingerprint density at radius 3 is 2.36 bits per heavy atom. The molecular formula is C5H5HgNO3S. The number of hydrogen-bond donors (Lipinski definition) is 0. The van der Waals surface area contributed by atoms with E-state index < -0.39 is 5.09 Å². The van der Waals surface area contributed by atoms with Crippen LogP contribution in [0.3, 0.4) is 0 Å². The van der Waals surface area contributed by atoms with E-state index in [0.29, 0.717) is 0 Å². The van der Waals surface area contributed by atoms with Gasteiger partial charge in [-0.2, -0.15) is 0 Å². The summed E-state index contributed by atoms with van der Waals surface area (Å²) in [6.07, 6.45) is 0. The van der Waals surface area contributed by atoms with Gasteiger partial charge in [0.25, 0.3) is 0 Å². The second kappa shape index (κ2) is 6.54. The monoisotopic (exact) mass is 361 g/mol. The Balaban J connectivity index is 0.000000218. The van der Waals surface area contributed by atoms with Crippen LogP contribution in [0.4, 0.5) is 0 Å². The van der Waals surface area contributed by atoms with Crippen LogP contribution in [-0.4, -0.2) is 5.09 Å². The topological polar surface area (TPSA) is 66.2 Å². The molecule has 1 heterocycles. The molecule has 11 heavy (non-hydrogen) atoms. The molecule has 0 radical (unpaired) electrons. The zero-order chi connectivity index (χ0) is 8.69. The predicted molar refractivity (Wildman–Crippen MR) is 38.4 cm³/mol. The summed E-state index contributed by atoms with van der Waals surface area (Å²) in [4.78, 5) is 9.81. The van der Waals surface area contributed by atoms with Gasteiger partial charge in [0, 0.05) is 0 Å². The first kappa shape index (κ1) is 10.8. The summed E-state index contributed by atoms with van der Waals surface area (Å²) in [5, 5.41) is 16.9. The van der Waals surface area contributed by atoms with Crippen molar-refractivity contribution in [3.05, 3.63) is 37.7 Å². The van der Waals surface area contributed by atoms with Gasteiger partial charge in [0.2, 0.25) is 0 Å². The minimum absolute atomic E-state index is 0.954. The summed E-state index contributed by atoms with van der Waals surface area (Å²) in [6, 6.07) is 4.32. The quantitative estimate of drug-likeness (QED) is 0.434. The van der Waals surface area contributed by atoms with E-state index >= 15 is 0 Å². The molecule has 0 aliphatic rings. The van der Waals surface area contributed by atoms with Crippen molar-refractivity contribution in [2.24, 2.45) is 0 Å². The van der Waals surface area contributed by atoms with Gasteiger partial charge >= 0.3 is 63.8 Å². The van der Waals surface area contributed by atoms with Crippen LogP contribution in [0, 0.1) is 15.3 Å². The van der Waals surface area contributed by atoms with E-state index in [2.05, 4.69) is 17.5 Å². The number of rotatable bonds is 1. The zero-order valence-corrected chi connectivity index (χ0v) is 12.0. The van der Waals surface area contributed by atoms with Gasteiger partial charge in [-0.15, -0.1) is 0 Å². The van der Waals surface area contributed by atoms with Gasteiger partial charge in [-0.25, -0.2) is 0 Å². The Morgan fingerprint density at radius 2 is 2.18 bits per heavy atom. The van der Waals surface area contributed by atoms with E-state index in [1.54, 1.807) is 4.88 Å². The summed E-state index contributed by atoms with van der Waals surface area (Å²) < 4.78 is 1.37. The Morgan fingerprint density at radius 1 is 1.64 bits per heavy atom. The molecule has 4 nitrogen and oxygen atoms in total. The molecule has 0 aliphatic carbocycles. The zero-order valence-electron chi connectivity index (χ0n) is 5.73. The average Bonchev–Trinajstić information content (AvgIpc) is 2.36. The van der Waals surface area contributed by atoms with Gasteiger partial charge in [-0.1, -0.05) is 0 Å². The van der Waals surface area contributed by atoms with Crippen molar-refractivity contribution in [1.82, 2.24) is 0 Å². The van der Waals surface area contributed by atoms with Gasteiger partial charge in [-0.05, 0) is 0 Å². The molecule has 0 aliphatic heterocycles.